The van der Waals surface area contributed by atoms with Gasteiger partial charge in [-0.05, 0) is 0 Å². The van der Waals surface area contributed by atoms with E-state index in [1.54, 1.807) is 12.2 Å². The molecule has 92 valence electrons. The zero-order valence-corrected chi connectivity index (χ0v) is 8.94. The minimum absolute atomic E-state index is 1.45. The van der Waals surface area contributed by atoms with Crippen molar-refractivity contribution in [2.24, 2.45) is 0 Å². The highest BCUT2D eigenvalue weighted by Crippen LogP contribution is 1.70. The van der Waals surface area contributed by atoms with Crippen LogP contribution in [-0.2, 0) is 23.7 Å². The quantitative estimate of drug-likeness (QED) is 0.557. The molecule has 19 heavy (non-hydrogen) atoms. The predicted octanol–water partition coefficient (Wildman–Crippen LogP) is -0.675. The van der Waals surface area contributed by atoms with E-state index in [-0.39, 0.29) is 0 Å². The Hall–Kier alpha value is -4.04. The summed E-state index contributed by atoms with van der Waals surface area (Å²) < 4.78 is 21.4. The van der Waals surface area contributed by atoms with E-state index >= 15 is 0 Å². The Balaban J connectivity index is 3.71. The Bertz CT molecular complexity index is 569. The third-order valence-electron chi connectivity index (χ3n) is 0.768. The van der Waals surface area contributed by atoms with Gasteiger partial charge in [0.2, 0.25) is 0 Å². The van der Waals surface area contributed by atoms with Crippen LogP contribution >= 0.6 is 0 Å². The fourth-order valence-electron chi connectivity index (χ4n) is 0.340. The van der Waals surface area contributed by atoms with Crippen LogP contribution in [0.3, 0.4) is 0 Å². The molecule has 0 aliphatic heterocycles. The average molecular weight is 258 g/mol. The van der Waals surface area contributed by atoms with E-state index in [9.17, 15) is 0 Å². The van der Waals surface area contributed by atoms with Gasteiger partial charge in [-0.15, -0.1) is 0 Å². The maximum absolute atomic E-state index is 7.97. The molecule has 0 aromatic carbocycles. The highest BCUT2D eigenvalue weighted by Gasteiger charge is 1.71. The average Bonchev–Trinajstić information content (AvgIpc) is 2.43. The number of aliphatic hydroxyl groups is 2. The molecule has 0 spiro atoms. The van der Waals surface area contributed by atoms with Crippen molar-refractivity contribution in [2.45, 2.75) is 0 Å². The van der Waals surface area contributed by atoms with Crippen LogP contribution in [0, 0.1) is 73.3 Å². The van der Waals surface area contributed by atoms with Crippen LogP contribution in [0.25, 0.3) is 0 Å². The van der Waals surface area contributed by atoms with Crippen LogP contribution in [0.1, 0.15) is 0 Å². The third kappa shape index (κ3) is 14.0. The molecule has 7 nitrogen and oxygen atoms in total. The van der Waals surface area contributed by atoms with Gasteiger partial charge in [0.1, 0.15) is 0 Å². The second-order valence-electron chi connectivity index (χ2n) is 1.75. The van der Waals surface area contributed by atoms with Crippen molar-refractivity contribution < 1.29 is 33.9 Å². The zero-order valence-electron chi connectivity index (χ0n) is 8.94. The van der Waals surface area contributed by atoms with Crippen molar-refractivity contribution in [2.75, 3.05) is 0 Å². The first kappa shape index (κ1) is 15.0. The lowest BCUT2D eigenvalue weighted by molar-refractivity contribution is 0.406. The zero-order chi connectivity index (χ0) is 14.0. The molecule has 0 aromatic rings. The van der Waals surface area contributed by atoms with Gasteiger partial charge in [0.15, 0.2) is 73.3 Å². The molecular formula is C12H2O7. The highest BCUT2D eigenvalue weighted by atomic mass is 16.5. The maximum atomic E-state index is 7.97. The second kappa shape index (κ2) is 14.0. The van der Waals surface area contributed by atoms with E-state index < -0.39 is 0 Å². The minimum atomic E-state index is 1.45. The van der Waals surface area contributed by atoms with Crippen LogP contribution in [0.5, 0.6) is 0 Å². The van der Waals surface area contributed by atoms with Gasteiger partial charge in [0.25, 0.3) is 0 Å². The summed E-state index contributed by atoms with van der Waals surface area (Å²) in [5.41, 5.74) is 0. The van der Waals surface area contributed by atoms with Gasteiger partial charge >= 0.3 is 0 Å². The number of hydrogen-bond acceptors (Lipinski definition) is 7. The SMILES string of the molecule is OC#COC#COC#COC#COC#COC#CO. The van der Waals surface area contributed by atoms with Gasteiger partial charge in [-0.25, -0.2) is 0 Å². The first-order valence-corrected chi connectivity index (χ1v) is 3.99. The van der Waals surface area contributed by atoms with Crippen LogP contribution < -0.4 is 0 Å². The number of aliphatic hydroxyl groups excluding tert-OH is 2. The largest absolute Gasteiger partial charge is 0.460 e. The van der Waals surface area contributed by atoms with Crippen molar-refractivity contribution in [3.05, 3.63) is 0 Å². The normalized spacial score (nSPS) is 4.84. The molecule has 0 saturated carbocycles. The lowest BCUT2D eigenvalue weighted by Gasteiger charge is -1.77. The Kier molecular flexibility index (Phi) is 11.0. The first-order chi connectivity index (χ1) is 9.41. The van der Waals surface area contributed by atoms with E-state index in [4.69, 9.17) is 10.2 Å². The summed E-state index contributed by atoms with van der Waals surface area (Å²) in [7, 11) is 0. The van der Waals surface area contributed by atoms with Crippen molar-refractivity contribution in [3.63, 3.8) is 0 Å². The topological polar surface area (TPSA) is 86.6 Å². The van der Waals surface area contributed by atoms with Crippen LogP contribution in [0.15, 0.2) is 0 Å². The van der Waals surface area contributed by atoms with E-state index in [0.717, 1.165) is 0 Å². The standard InChI is InChI=1S/C12H2O7/c13-1-3-15-5-7-17-9-11-19-12-10-18-8-6-16-4-2-14/h13-14H. The van der Waals surface area contributed by atoms with E-state index in [1.807, 2.05) is 48.9 Å². The second-order valence-corrected chi connectivity index (χ2v) is 1.75. The van der Waals surface area contributed by atoms with Gasteiger partial charge in [-0.1, -0.05) is 0 Å². The minimum Gasteiger partial charge on any atom is -0.460 e. The van der Waals surface area contributed by atoms with Crippen molar-refractivity contribution in [1.29, 1.82) is 0 Å². The Labute approximate surface area is 108 Å². The molecule has 0 aromatic heterocycles. The lowest BCUT2D eigenvalue weighted by atomic mass is 11.0. The molecule has 0 radical (unpaired) electrons. The summed E-state index contributed by atoms with van der Waals surface area (Å²) in [6.45, 7) is 0. The fourth-order valence-corrected chi connectivity index (χ4v) is 0.340. The summed E-state index contributed by atoms with van der Waals surface area (Å²) in [5.74, 6) is 0. The molecule has 0 aliphatic carbocycles. The van der Waals surface area contributed by atoms with Gasteiger partial charge in [-0.2, -0.15) is 0 Å². The molecule has 0 amide bonds. The van der Waals surface area contributed by atoms with E-state index in [1.165, 1.54) is 12.2 Å². The summed E-state index contributed by atoms with van der Waals surface area (Å²) >= 11 is 0. The summed E-state index contributed by atoms with van der Waals surface area (Å²) in [4.78, 5) is 0. The molecular weight excluding hydrogens is 256 g/mol. The Morgan fingerprint density at radius 3 is 0.789 bits per heavy atom. The lowest BCUT2D eigenvalue weighted by Crippen LogP contribution is -1.74. The van der Waals surface area contributed by atoms with Crippen LogP contribution in [0.4, 0.5) is 0 Å². The summed E-state index contributed by atoms with van der Waals surface area (Å²) in [6, 6.07) is 0. The predicted molar refractivity (Wildman–Crippen MR) is 56.0 cm³/mol. The van der Waals surface area contributed by atoms with Crippen molar-refractivity contribution >= 4 is 0 Å². The van der Waals surface area contributed by atoms with Crippen molar-refractivity contribution in [1.82, 2.24) is 0 Å². The van der Waals surface area contributed by atoms with E-state index in [2.05, 4.69) is 23.7 Å². The molecule has 0 bridgehead atoms. The third-order valence-corrected chi connectivity index (χ3v) is 0.768. The number of rotatable bonds is 0. The molecule has 0 rings (SSSR count). The van der Waals surface area contributed by atoms with Gasteiger partial charge in [-0.3, -0.25) is 0 Å². The smallest absolute Gasteiger partial charge is 0.175 e. The van der Waals surface area contributed by atoms with Crippen LogP contribution in [0.2, 0.25) is 0 Å². The van der Waals surface area contributed by atoms with Crippen LogP contribution in [-0.4, -0.2) is 10.2 Å². The highest BCUT2D eigenvalue weighted by molar-refractivity contribution is 4.97. The Morgan fingerprint density at radius 1 is 0.368 bits per heavy atom. The van der Waals surface area contributed by atoms with Crippen molar-refractivity contribution in [3.8, 4) is 73.3 Å². The molecule has 0 heterocycles. The molecule has 0 unspecified atom stereocenters. The summed E-state index contributed by atoms with van der Waals surface area (Å²) in [6.07, 6.45) is 22.2. The fraction of sp³-hybridized carbons (Fsp3) is 0. The first-order valence-electron chi connectivity index (χ1n) is 3.99. The Morgan fingerprint density at radius 2 is 0.579 bits per heavy atom. The monoisotopic (exact) mass is 258 g/mol. The number of hydrogen-bond donors (Lipinski definition) is 2. The molecule has 0 aliphatic rings. The maximum Gasteiger partial charge on any atom is 0.175 e. The molecule has 0 saturated heterocycles. The van der Waals surface area contributed by atoms with E-state index in [0.29, 0.717) is 0 Å². The molecule has 7 heteroatoms. The molecule has 0 fully saturated rings. The number of ether oxygens (including phenoxy) is 5. The molecule has 0 atom stereocenters. The van der Waals surface area contributed by atoms with Gasteiger partial charge in [0.05, 0.1) is 0 Å². The summed E-state index contributed by atoms with van der Waals surface area (Å²) in [5, 5.41) is 15.9. The molecule has 2 N–H and O–H groups in total. The van der Waals surface area contributed by atoms with Gasteiger partial charge < -0.3 is 33.9 Å². The van der Waals surface area contributed by atoms with Gasteiger partial charge in [0, 0.05) is 0 Å².